The van der Waals surface area contributed by atoms with E-state index in [4.69, 9.17) is 4.42 Å². The number of nitrogens with one attached hydrogen (secondary N) is 1. The normalized spacial score (nSPS) is 13.5. The summed E-state index contributed by atoms with van der Waals surface area (Å²) in [7, 11) is 0. The second-order valence-electron chi connectivity index (χ2n) is 8.05. The van der Waals surface area contributed by atoms with Crippen LogP contribution in [0.4, 0.5) is 11.4 Å². The number of hydrogen-bond acceptors (Lipinski definition) is 4. The molecule has 1 aromatic heterocycles. The van der Waals surface area contributed by atoms with Gasteiger partial charge in [-0.25, -0.2) is 0 Å². The monoisotopic (exact) mass is 438 g/mol. The molecule has 0 bridgehead atoms. The molecule has 0 radical (unpaired) electrons. The van der Waals surface area contributed by atoms with E-state index < -0.39 is 5.91 Å². The third kappa shape index (κ3) is 3.69. The minimum absolute atomic E-state index is 0.0378. The number of benzene rings is 3. The van der Waals surface area contributed by atoms with Gasteiger partial charge in [0.25, 0.3) is 5.91 Å². The highest BCUT2D eigenvalue weighted by atomic mass is 16.3. The van der Waals surface area contributed by atoms with Gasteiger partial charge in [0.1, 0.15) is 5.76 Å². The Morgan fingerprint density at radius 1 is 0.939 bits per heavy atom. The quantitative estimate of drug-likeness (QED) is 0.478. The first-order valence-electron chi connectivity index (χ1n) is 10.9. The van der Waals surface area contributed by atoms with Crippen LogP contribution in [-0.2, 0) is 4.79 Å². The molecular weight excluding hydrogens is 416 g/mol. The van der Waals surface area contributed by atoms with Gasteiger partial charge in [0.15, 0.2) is 11.0 Å². The molecule has 164 valence electrons. The smallest absolute Gasteiger partial charge is 0.259 e. The number of nitrogens with zero attached hydrogens (tertiary/aromatic N) is 1. The summed E-state index contributed by atoms with van der Waals surface area (Å²) in [5.41, 5.74) is 2.77. The van der Waals surface area contributed by atoms with Crippen molar-refractivity contribution in [2.24, 2.45) is 0 Å². The van der Waals surface area contributed by atoms with E-state index in [1.165, 1.54) is 0 Å². The minimum Gasteiger partial charge on any atom is -0.455 e. The van der Waals surface area contributed by atoms with Gasteiger partial charge in [-0.15, -0.1) is 0 Å². The number of carbonyl (C=O) groups excluding carboxylic acids is 2. The molecule has 1 aliphatic rings. The summed E-state index contributed by atoms with van der Waals surface area (Å²) < 4.78 is 6.17. The molecule has 4 aromatic rings. The molecule has 2 amide bonds. The third-order valence-corrected chi connectivity index (χ3v) is 5.94. The Morgan fingerprint density at radius 2 is 1.70 bits per heavy atom. The van der Waals surface area contributed by atoms with Crippen molar-refractivity contribution in [1.29, 1.82) is 0 Å². The van der Waals surface area contributed by atoms with Gasteiger partial charge >= 0.3 is 0 Å². The lowest BCUT2D eigenvalue weighted by Crippen LogP contribution is -2.25. The van der Waals surface area contributed by atoms with E-state index in [0.717, 1.165) is 12.0 Å². The Labute approximate surface area is 190 Å². The number of rotatable bonds is 4. The average molecular weight is 438 g/mol. The number of fused-ring (bicyclic) bond motifs is 1. The Balaban J connectivity index is 1.59. The predicted molar refractivity (Wildman–Crippen MR) is 129 cm³/mol. The van der Waals surface area contributed by atoms with Crippen LogP contribution in [0.1, 0.15) is 28.8 Å². The summed E-state index contributed by atoms with van der Waals surface area (Å²) in [4.78, 5) is 40.4. The highest BCUT2D eigenvalue weighted by molar-refractivity contribution is 6.13. The van der Waals surface area contributed by atoms with Crippen LogP contribution in [0.5, 0.6) is 0 Å². The number of anilines is 2. The number of carbonyl (C=O) groups is 2. The maximum Gasteiger partial charge on any atom is 0.259 e. The molecule has 5 rings (SSSR count). The Bertz CT molecular complexity index is 1440. The van der Waals surface area contributed by atoms with Crippen LogP contribution in [0.3, 0.4) is 0 Å². The van der Waals surface area contributed by atoms with E-state index in [1.54, 1.807) is 42.2 Å². The molecule has 1 fully saturated rings. The maximum absolute atomic E-state index is 13.3. The number of hydrogen-bond donors (Lipinski definition) is 1. The SMILES string of the molecule is Cc1c(-c2ccccc2)oc2c(C(=O)Nc3ccccc3N3CCCC3=O)cccc2c1=O. The van der Waals surface area contributed by atoms with E-state index in [0.29, 0.717) is 41.1 Å². The van der Waals surface area contributed by atoms with Crippen LogP contribution in [0.2, 0.25) is 0 Å². The van der Waals surface area contributed by atoms with Gasteiger partial charge in [0.2, 0.25) is 5.91 Å². The molecule has 0 spiro atoms. The van der Waals surface area contributed by atoms with Gasteiger partial charge in [-0.05, 0) is 37.6 Å². The summed E-state index contributed by atoms with van der Waals surface area (Å²) in [6.45, 7) is 2.35. The van der Waals surface area contributed by atoms with E-state index in [-0.39, 0.29) is 22.5 Å². The fourth-order valence-corrected chi connectivity index (χ4v) is 4.26. The van der Waals surface area contributed by atoms with Crippen LogP contribution < -0.4 is 15.6 Å². The van der Waals surface area contributed by atoms with Crippen molar-refractivity contribution in [3.05, 3.63) is 94.1 Å². The van der Waals surface area contributed by atoms with Crippen molar-refractivity contribution in [1.82, 2.24) is 0 Å². The van der Waals surface area contributed by atoms with Gasteiger partial charge in [0.05, 0.1) is 22.3 Å². The Kier molecular flexibility index (Phi) is 5.26. The second kappa shape index (κ2) is 8.39. The number of amides is 2. The second-order valence-corrected chi connectivity index (χ2v) is 8.05. The molecule has 0 saturated carbocycles. The molecule has 1 saturated heterocycles. The van der Waals surface area contributed by atoms with Gasteiger partial charge in [-0.2, -0.15) is 0 Å². The third-order valence-electron chi connectivity index (χ3n) is 5.94. The zero-order chi connectivity index (χ0) is 22.9. The topological polar surface area (TPSA) is 79.6 Å². The van der Waals surface area contributed by atoms with Crippen LogP contribution in [0.15, 0.2) is 82.0 Å². The molecule has 1 N–H and O–H groups in total. The Hall–Kier alpha value is -4.19. The van der Waals surface area contributed by atoms with Crippen LogP contribution in [-0.4, -0.2) is 18.4 Å². The molecule has 2 heterocycles. The molecule has 6 heteroatoms. The van der Waals surface area contributed by atoms with Gasteiger partial charge in [-0.3, -0.25) is 14.4 Å². The van der Waals surface area contributed by atoms with Crippen molar-refractivity contribution >= 4 is 34.2 Å². The first-order chi connectivity index (χ1) is 16.0. The predicted octanol–water partition coefficient (Wildman–Crippen LogP) is 5.15. The fraction of sp³-hybridized carbons (Fsp3) is 0.148. The van der Waals surface area contributed by atoms with Crippen LogP contribution in [0.25, 0.3) is 22.3 Å². The first-order valence-corrected chi connectivity index (χ1v) is 10.9. The van der Waals surface area contributed by atoms with Crippen LogP contribution >= 0.6 is 0 Å². The van der Waals surface area contributed by atoms with Crippen molar-refractivity contribution in [3.8, 4) is 11.3 Å². The molecule has 33 heavy (non-hydrogen) atoms. The van der Waals surface area contributed by atoms with Crippen molar-refractivity contribution in [2.45, 2.75) is 19.8 Å². The summed E-state index contributed by atoms with van der Waals surface area (Å²) >= 11 is 0. The Morgan fingerprint density at radius 3 is 2.45 bits per heavy atom. The molecule has 1 aliphatic heterocycles. The first kappa shape index (κ1) is 20.7. The van der Waals surface area contributed by atoms with Crippen molar-refractivity contribution in [3.63, 3.8) is 0 Å². The van der Waals surface area contributed by atoms with E-state index in [2.05, 4.69) is 5.32 Å². The van der Waals surface area contributed by atoms with Gasteiger partial charge in [0, 0.05) is 24.1 Å². The molecule has 0 unspecified atom stereocenters. The minimum atomic E-state index is -0.411. The molecule has 0 aliphatic carbocycles. The largest absolute Gasteiger partial charge is 0.455 e. The summed E-state index contributed by atoms with van der Waals surface area (Å²) in [5.74, 6) is 0.0676. The van der Waals surface area contributed by atoms with Crippen molar-refractivity contribution in [2.75, 3.05) is 16.8 Å². The van der Waals surface area contributed by atoms with Crippen molar-refractivity contribution < 1.29 is 14.0 Å². The molecule has 0 atom stereocenters. The van der Waals surface area contributed by atoms with E-state index in [1.807, 2.05) is 42.5 Å². The maximum atomic E-state index is 13.3. The number of para-hydroxylation sites is 3. The zero-order valence-corrected chi connectivity index (χ0v) is 18.1. The molecule has 3 aromatic carbocycles. The van der Waals surface area contributed by atoms with Gasteiger partial charge < -0.3 is 14.6 Å². The fourth-order valence-electron chi connectivity index (χ4n) is 4.26. The average Bonchev–Trinajstić information content (AvgIpc) is 3.27. The highest BCUT2D eigenvalue weighted by Crippen LogP contribution is 2.31. The molecular formula is C27H22N2O4. The van der Waals surface area contributed by atoms with E-state index in [9.17, 15) is 14.4 Å². The zero-order valence-electron chi connectivity index (χ0n) is 18.1. The van der Waals surface area contributed by atoms with Gasteiger partial charge in [-0.1, -0.05) is 48.5 Å². The standard InChI is InChI=1S/C27H22N2O4/c1-17-24(31)19-11-7-12-20(26(19)33-25(17)18-9-3-2-4-10-18)27(32)28-21-13-5-6-14-22(21)29-16-8-15-23(29)30/h2-7,9-14H,8,15-16H2,1H3,(H,28,32). The lowest BCUT2D eigenvalue weighted by Gasteiger charge is -2.20. The lowest BCUT2D eigenvalue weighted by molar-refractivity contribution is -0.117. The highest BCUT2D eigenvalue weighted by Gasteiger charge is 2.25. The summed E-state index contributed by atoms with van der Waals surface area (Å²) in [6, 6.07) is 21.5. The van der Waals surface area contributed by atoms with Crippen LogP contribution in [0, 0.1) is 6.92 Å². The lowest BCUT2D eigenvalue weighted by atomic mass is 10.0. The molecule has 6 nitrogen and oxygen atoms in total. The summed E-state index contributed by atoms with van der Waals surface area (Å²) in [5, 5.41) is 3.26. The summed E-state index contributed by atoms with van der Waals surface area (Å²) in [6.07, 6.45) is 1.29. The van der Waals surface area contributed by atoms with E-state index >= 15 is 0 Å².